The van der Waals surface area contributed by atoms with Crippen LogP contribution in [0.2, 0.25) is 0 Å². The van der Waals surface area contributed by atoms with Crippen molar-refractivity contribution in [1.82, 2.24) is 10.6 Å². The molecule has 1 heterocycles. The lowest BCUT2D eigenvalue weighted by molar-refractivity contribution is -0.149. The second-order valence-electron chi connectivity index (χ2n) is 6.98. The summed E-state index contributed by atoms with van der Waals surface area (Å²) < 4.78 is 16.3. The van der Waals surface area contributed by atoms with Crippen LogP contribution in [-0.4, -0.2) is 64.1 Å². The molecule has 7 heteroatoms. The predicted molar refractivity (Wildman–Crippen MR) is 101 cm³/mol. The summed E-state index contributed by atoms with van der Waals surface area (Å²) in [6.45, 7) is 5.55. The highest BCUT2D eigenvalue weighted by atomic mass is 16.5. The number of nitrogens with zero attached hydrogens (tertiary/aromatic N) is 1. The highest BCUT2D eigenvalue weighted by Crippen LogP contribution is 2.25. The molecular weight excluding hydrogens is 334 g/mol. The number of aliphatic imine (C=N–C) groups is 1. The van der Waals surface area contributed by atoms with Crippen molar-refractivity contribution in [3.05, 3.63) is 0 Å². The van der Waals surface area contributed by atoms with E-state index >= 15 is 0 Å². The molecule has 0 bridgehead atoms. The average Bonchev–Trinajstić information content (AvgIpc) is 2.68. The van der Waals surface area contributed by atoms with Gasteiger partial charge in [-0.2, -0.15) is 0 Å². The minimum absolute atomic E-state index is 0.0435. The molecular formula is C19H35N3O4. The fraction of sp³-hybridized carbons (Fsp3) is 0.895. The molecule has 2 N–H and O–H groups in total. The van der Waals surface area contributed by atoms with E-state index in [4.69, 9.17) is 14.2 Å². The van der Waals surface area contributed by atoms with Crippen molar-refractivity contribution in [3.63, 3.8) is 0 Å². The number of carbonyl (C=O) groups is 1. The maximum atomic E-state index is 11.8. The highest BCUT2D eigenvalue weighted by Gasteiger charge is 2.27. The third kappa shape index (κ3) is 7.50. The Morgan fingerprint density at radius 2 is 1.88 bits per heavy atom. The normalized spacial score (nSPS) is 24.9. The van der Waals surface area contributed by atoms with Gasteiger partial charge in [-0.3, -0.25) is 9.79 Å². The van der Waals surface area contributed by atoms with Crippen LogP contribution in [0.5, 0.6) is 0 Å². The largest absolute Gasteiger partial charge is 0.466 e. The van der Waals surface area contributed by atoms with Crippen molar-refractivity contribution < 1.29 is 19.0 Å². The van der Waals surface area contributed by atoms with Crippen molar-refractivity contribution in [2.75, 3.05) is 40.0 Å². The van der Waals surface area contributed by atoms with Crippen LogP contribution in [-0.2, 0) is 19.0 Å². The molecule has 0 atom stereocenters. The Morgan fingerprint density at radius 3 is 2.54 bits per heavy atom. The molecule has 0 unspecified atom stereocenters. The van der Waals surface area contributed by atoms with Crippen LogP contribution < -0.4 is 10.6 Å². The summed E-state index contributed by atoms with van der Waals surface area (Å²) in [5, 5.41) is 6.82. The number of hydrogen-bond acceptors (Lipinski definition) is 5. The predicted octanol–water partition coefficient (Wildman–Crippen LogP) is 1.86. The average molecular weight is 370 g/mol. The van der Waals surface area contributed by atoms with Gasteiger partial charge >= 0.3 is 5.97 Å². The molecule has 7 nitrogen and oxygen atoms in total. The fourth-order valence-electron chi connectivity index (χ4n) is 3.49. The molecule has 0 spiro atoms. The summed E-state index contributed by atoms with van der Waals surface area (Å²) in [7, 11) is 1.79. The molecule has 26 heavy (non-hydrogen) atoms. The third-order valence-electron chi connectivity index (χ3n) is 5.05. The van der Waals surface area contributed by atoms with Gasteiger partial charge in [0, 0.05) is 39.5 Å². The molecule has 0 aromatic rings. The van der Waals surface area contributed by atoms with Gasteiger partial charge in [0.05, 0.1) is 18.6 Å². The molecule has 1 aliphatic carbocycles. The van der Waals surface area contributed by atoms with Crippen molar-refractivity contribution in [3.8, 4) is 0 Å². The van der Waals surface area contributed by atoms with Crippen LogP contribution in [0.15, 0.2) is 4.99 Å². The number of esters is 1. The zero-order valence-electron chi connectivity index (χ0n) is 16.3. The molecule has 1 aliphatic heterocycles. The van der Waals surface area contributed by atoms with Gasteiger partial charge in [0.1, 0.15) is 0 Å². The molecule has 0 aromatic carbocycles. The van der Waals surface area contributed by atoms with Gasteiger partial charge in [-0.15, -0.1) is 0 Å². The number of nitrogens with one attached hydrogen (secondary N) is 2. The fourth-order valence-corrected chi connectivity index (χ4v) is 3.49. The second kappa shape index (κ2) is 12.1. The zero-order valence-corrected chi connectivity index (χ0v) is 16.3. The van der Waals surface area contributed by atoms with E-state index in [0.29, 0.717) is 18.8 Å². The molecule has 0 radical (unpaired) electrons. The van der Waals surface area contributed by atoms with Crippen LogP contribution in [0.4, 0.5) is 0 Å². The molecule has 0 aromatic heterocycles. The van der Waals surface area contributed by atoms with E-state index in [1.54, 1.807) is 7.05 Å². The van der Waals surface area contributed by atoms with Gasteiger partial charge in [-0.1, -0.05) is 0 Å². The van der Waals surface area contributed by atoms with Crippen LogP contribution in [0, 0.1) is 5.92 Å². The van der Waals surface area contributed by atoms with Crippen molar-refractivity contribution in [1.29, 1.82) is 0 Å². The van der Waals surface area contributed by atoms with E-state index in [9.17, 15) is 4.79 Å². The monoisotopic (exact) mass is 369 g/mol. The van der Waals surface area contributed by atoms with Crippen LogP contribution in [0.1, 0.15) is 51.9 Å². The molecule has 1 saturated carbocycles. The summed E-state index contributed by atoms with van der Waals surface area (Å²) in [4.78, 5) is 16.1. The SMILES string of the molecule is CCOC(=O)C1CCC(NC(=NC)NCCCOC2CCOCC2)CC1. The van der Waals surface area contributed by atoms with Gasteiger partial charge in [0.2, 0.25) is 0 Å². The van der Waals surface area contributed by atoms with Gasteiger partial charge < -0.3 is 24.8 Å². The lowest BCUT2D eigenvalue weighted by Crippen LogP contribution is -2.45. The smallest absolute Gasteiger partial charge is 0.308 e. The van der Waals surface area contributed by atoms with E-state index in [-0.39, 0.29) is 11.9 Å². The van der Waals surface area contributed by atoms with E-state index in [2.05, 4.69) is 15.6 Å². The standard InChI is InChI=1S/C19H35N3O4/c1-3-25-18(23)15-5-7-16(8-6-15)22-19(20-2)21-11-4-12-26-17-9-13-24-14-10-17/h15-17H,3-14H2,1-2H3,(H2,20,21,22). The maximum Gasteiger partial charge on any atom is 0.308 e. The van der Waals surface area contributed by atoms with Gasteiger partial charge in [-0.05, 0) is 51.9 Å². The first-order valence-corrected chi connectivity index (χ1v) is 10.1. The minimum Gasteiger partial charge on any atom is -0.466 e. The van der Waals surface area contributed by atoms with E-state index in [1.165, 1.54) is 0 Å². The Bertz CT molecular complexity index is 431. The number of ether oxygens (including phenoxy) is 3. The van der Waals surface area contributed by atoms with Crippen LogP contribution in [0.25, 0.3) is 0 Å². The van der Waals surface area contributed by atoms with Crippen molar-refractivity contribution in [2.24, 2.45) is 10.9 Å². The summed E-state index contributed by atoms with van der Waals surface area (Å²) in [6.07, 6.45) is 7.02. The second-order valence-corrected chi connectivity index (χ2v) is 6.98. The van der Waals surface area contributed by atoms with Gasteiger partial charge in [-0.25, -0.2) is 0 Å². The Hall–Kier alpha value is -1.34. The van der Waals surface area contributed by atoms with Crippen molar-refractivity contribution >= 4 is 11.9 Å². The molecule has 1 saturated heterocycles. The molecule has 2 rings (SSSR count). The number of hydrogen-bond donors (Lipinski definition) is 2. The first-order valence-electron chi connectivity index (χ1n) is 10.1. The van der Waals surface area contributed by atoms with E-state index in [0.717, 1.165) is 77.3 Å². The van der Waals surface area contributed by atoms with E-state index < -0.39 is 0 Å². The highest BCUT2D eigenvalue weighted by molar-refractivity contribution is 5.80. The molecule has 2 aliphatic rings. The minimum atomic E-state index is -0.0435. The summed E-state index contributed by atoms with van der Waals surface area (Å²) >= 11 is 0. The maximum absolute atomic E-state index is 11.8. The van der Waals surface area contributed by atoms with Crippen LogP contribution in [0.3, 0.4) is 0 Å². The Balaban J connectivity index is 1.55. The van der Waals surface area contributed by atoms with Gasteiger partial charge in [0.25, 0.3) is 0 Å². The lowest BCUT2D eigenvalue weighted by atomic mass is 9.86. The Labute approximate surface area is 157 Å². The van der Waals surface area contributed by atoms with Crippen molar-refractivity contribution in [2.45, 2.75) is 64.0 Å². The van der Waals surface area contributed by atoms with Crippen LogP contribution >= 0.6 is 0 Å². The molecule has 0 amide bonds. The number of guanidine groups is 1. The number of carbonyl (C=O) groups excluding carboxylic acids is 1. The van der Waals surface area contributed by atoms with E-state index in [1.807, 2.05) is 6.92 Å². The topological polar surface area (TPSA) is 81.2 Å². The summed E-state index contributed by atoms with van der Waals surface area (Å²) in [6, 6.07) is 0.366. The van der Waals surface area contributed by atoms with Gasteiger partial charge in [0.15, 0.2) is 5.96 Å². The third-order valence-corrected chi connectivity index (χ3v) is 5.05. The summed E-state index contributed by atoms with van der Waals surface area (Å²) in [5.41, 5.74) is 0. The summed E-state index contributed by atoms with van der Waals surface area (Å²) in [5.74, 6) is 0.846. The quantitative estimate of drug-likeness (QED) is 0.294. The Kier molecular flexibility index (Phi) is 9.77. The number of rotatable bonds is 8. The molecule has 2 fully saturated rings. The zero-order chi connectivity index (χ0) is 18.6. The first kappa shape index (κ1) is 21.0. The molecule has 150 valence electrons. The lowest BCUT2D eigenvalue weighted by Gasteiger charge is -2.29. The Morgan fingerprint density at radius 1 is 1.15 bits per heavy atom. The first-order chi connectivity index (χ1) is 12.7.